The van der Waals surface area contributed by atoms with Crippen molar-refractivity contribution in [3.8, 4) is 0 Å². The molecule has 1 amide bonds. The number of nitrogens with zero attached hydrogens (tertiary/aromatic N) is 2. The Morgan fingerprint density at radius 2 is 2.31 bits per heavy atom. The van der Waals surface area contributed by atoms with Crippen LogP contribution in [-0.2, 0) is 11.2 Å². The van der Waals surface area contributed by atoms with Crippen LogP contribution in [0, 0.1) is 0 Å². The summed E-state index contributed by atoms with van der Waals surface area (Å²) < 4.78 is 0. The summed E-state index contributed by atoms with van der Waals surface area (Å²) >= 11 is 0. The molecule has 4 nitrogen and oxygen atoms in total. The fourth-order valence-electron chi connectivity index (χ4n) is 1.34. The lowest BCUT2D eigenvalue weighted by Crippen LogP contribution is -2.25. The van der Waals surface area contributed by atoms with Gasteiger partial charge in [0.05, 0.1) is 0 Å². The fourth-order valence-corrected chi connectivity index (χ4v) is 1.34. The van der Waals surface area contributed by atoms with Gasteiger partial charge in [-0.15, -0.1) is 0 Å². The monoisotopic (exact) mass is 175 g/mol. The number of aliphatic imine (C=N–C) groups is 1. The normalized spacial score (nSPS) is 14.6. The van der Waals surface area contributed by atoms with Crippen molar-refractivity contribution >= 4 is 17.4 Å². The van der Waals surface area contributed by atoms with E-state index in [9.17, 15) is 4.79 Å². The van der Waals surface area contributed by atoms with Gasteiger partial charge in [0.1, 0.15) is 5.71 Å². The number of aryl methyl sites for hydroxylation is 1. The Morgan fingerprint density at radius 3 is 3.08 bits per heavy atom. The summed E-state index contributed by atoms with van der Waals surface area (Å²) in [6.45, 7) is 0. The zero-order valence-electron chi connectivity index (χ0n) is 7.03. The van der Waals surface area contributed by atoms with E-state index in [-0.39, 0.29) is 0 Å². The lowest BCUT2D eigenvalue weighted by molar-refractivity contribution is -0.112. The van der Waals surface area contributed by atoms with Gasteiger partial charge in [-0.25, -0.2) is 9.98 Å². The first-order valence-electron chi connectivity index (χ1n) is 4.08. The molecule has 4 heteroatoms. The van der Waals surface area contributed by atoms with E-state index in [4.69, 9.17) is 5.73 Å². The van der Waals surface area contributed by atoms with Crippen molar-refractivity contribution in [1.29, 1.82) is 0 Å². The van der Waals surface area contributed by atoms with E-state index in [1.54, 1.807) is 6.20 Å². The maximum Gasteiger partial charge on any atom is 0.263 e. The smallest absolute Gasteiger partial charge is 0.263 e. The highest BCUT2D eigenvalue weighted by Crippen LogP contribution is 2.22. The van der Waals surface area contributed by atoms with E-state index in [1.165, 1.54) is 0 Å². The molecule has 1 aromatic rings. The maximum atomic E-state index is 10.8. The number of hydrogen-bond acceptors (Lipinski definition) is 3. The van der Waals surface area contributed by atoms with Crippen LogP contribution in [0.5, 0.6) is 0 Å². The molecule has 0 bridgehead atoms. The highest BCUT2D eigenvalue weighted by Gasteiger charge is 2.15. The van der Waals surface area contributed by atoms with Crippen LogP contribution in [-0.4, -0.2) is 16.6 Å². The Hall–Kier alpha value is -1.71. The third kappa shape index (κ3) is 1.42. The summed E-state index contributed by atoms with van der Waals surface area (Å²) in [5, 5.41) is 0. The van der Waals surface area contributed by atoms with Crippen LogP contribution in [0.25, 0.3) is 0 Å². The number of pyridine rings is 1. The van der Waals surface area contributed by atoms with Gasteiger partial charge in [-0.2, -0.15) is 0 Å². The second-order valence-electron chi connectivity index (χ2n) is 2.91. The molecular formula is C9H9N3O. The molecule has 2 heterocycles. The Kier molecular flexibility index (Phi) is 1.81. The molecule has 0 aliphatic carbocycles. The number of rotatable bonds is 1. The number of amides is 1. The number of nitrogens with two attached hydrogens (primary N) is 1. The van der Waals surface area contributed by atoms with Gasteiger partial charge in [-0.3, -0.25) is 4.79 Å². The Labute approximate surface area is 75.5 Å². The van der Waals surface area contributed by atoms with Crippen molar-refractivity contribution in [3.05, 3.63) is 23.9 Å². The summed E-state index contributed by atoms with van der Waals surface area (Å²) in [7, 11) is 0. The minimum atomic E-state index is -0.448. The Bertz CT molecular complexity index is 384. The highest BCUT2D eigenvalue weighted by molar-refractivity contribution is 6.39. The quantitative estimate of drug-likeness (QED) is 0.678. The van der Waals surface area contributed by atoms with Crippen molar-refractivity contribution < 1.29 is 4.79 Å². The van der Waals surface area contributed by atoms with Crippen LogP contribution in [0.2, 0.25) is 0 Å². The van der Waals surface area contributed by atoms with Gasteiger partial charge < -0.3 is 5.73 Å². The molecule has 0 saturated carbocycles. The molecule has 0 spiro atoms. The molecule has 2 rings (SSSR count). The lowest BCUT2D eigenvalue weighted by atomic mass is 10.0. The summed E-state index contributed by atoms with van der Waals surface area (Å²) in [5.41, 5.74) is 6.63. The predicted molar refractivity (Wildman–Crippen MR) is 48.8 cm³/mol. The third-order valence-corrected chi connectivity index (χ3v) is 2.02. The molecule has 2 N–H and O–H groups in total. The van der Waals surface area contributed by atoms with Crippen LogP contribution in [0.1, 0.15) is 12.0 Å². The van der Waals surface area contributed by atoms with Crippen LogP contribution >= 0.6 is 0 Å². The van der Waals surface area contributed by atoms with E-state index >= 15 is 0 Å². The SMILES string of the molecule is NC(=O)C1=Nc2ncccc2CC1. The molecule has 0 aromatic carbocycles. The molecule has 0 unspecified atom stereocenters. The number of fused-ring (bicyclic) bond motifs is 1. The van der Waals surface area contributed by atoms with Crippen molar-refractivity contribution in [3.63, 3.8) is 0 Å². The van der Waals surface area contributed by atoms with Crippen LogP contribution in [0.15, 0.2) is 23.3 Å². The zero-order valence-corrected chi connectivity index (χ0v) is 7.03. The zero-order chi connectivity index (χ0) is 9.26. The van der Waals surface area contributed by atoms with Crippen molar-refractivity contribution in [2.24, 2.45) is 10.7 Å². The maximum absolute atomic E-state index is 10.8. The van der Waals surface area contributed by atoms with Gasteiger partial charge in [0, 0.05) is 6.20 Å². The topological polar surface area (TPSA) is 68.3 Å². The fraction of sp³-hybridized carbons (Fsp3) is 0.222. The lowest BCUT2D eigenvalue weighted by Gasteiger charge is -2.11. The first-order valence-corrected chi connectivity index (χ1v) is 4.08. The number of carbonyl (C=O) groups is 1. The molecule has 1 aromatic heterocycles. The number of hydrogen-bond donors (Lipinski definition) is 1. The van der Waals surface area contributed by atoms with E-state index in [0.29, 0.717) is 18.0 Å². The molecule has 13 heavy (non-hydrogen) atoms. The van der Waals surface area contributed by atoms with E-state index in [0.717, 1.165) is 12.0 Å². The van der Waals surface area contributed by atoms with Gasteiger partial charge in [0.2, 0.25) is 0 Å². The predicted octanol–water partition coefficient (Wildman–Crippen LogP) is 0.586. The van der Waals surface area contributed by atoms with Crippen molar-refractivity contribution in [2.45, 2.75) is 12.8 Å². The molecule has 1 aliphatic rings. The second kappa shape index (κ2) is 2.97. The minimum absolute atomic E-state index is 0.422. The van der Waals surface area contributed by atoms with E-state index < -0.39 is 5.91 Å². The van der Waals surface area contributed by atoms with E-state index in [2.05, 4.69) is 9.98 Å². The summed E-state index contributed by atoms with van der Waals surface area (Å²) in [6.07, 6.45) is 3.07. The standard InChI is InChI=1S/C9H9N3O/c10-8(13)7-4-3-6-2-1-5-11-9(6)12-7/h1-2,5H,3-4H2,(H2,10,13). The Morgan fingerprint density at radius 1 is 1.46 bits per heavy atom. The largest absolute Gasteiger partial charge is 0.365 e. The molecule has 1 aliphatic heterocycles. The number of aromatic nitrogens is 1. The van der Waals surface area contributed by atoms with Crippen LogP contribution in [0.3, 0.4) is 0 Å². The average molecular weight is 175 g/mol. The van der Waals surface area contributed by atoms with Crippen LogP contribution < -0.4 is 5.73 Å². The molecule has 0 saturated heterocycles. The second-order valence-corrected chi connectivity index (χ2v) is 2.91. The number of carbonyl (C=O) groups excluding carboxylic acids is 1. The third-order valence-electron chi connectivity index (χ3n) is 2.02. The number of primary amides is 1. The van der Waals surface area contributed by atoms with E-state index in [1.807, 2.05) is 12.1 Å². The molecule has 66 valence electrons. The summed E-state index contributed by atoms with van der Waals surface area (Å²) in [5.74, 6) is 0.179. The minimum Gasteiger partial charge on any atom is -0.365 e. The van der Waals surface area contributed by atoms with Crippen LogP contribution in [0.4, 0.5) is 5.82 Å². The molecule has 0 radical (unpaired) electrons. The van der Waals surface area contributed by atoms with Crippen molar-refractivity contribution in [2.75, 3.05) is 0 Å². The van der Waals surface area contributed by atoms with Gasteiger partial charge >= 0.3 is 0 Å². The molecule has 0 atom stereocenters. The van der Waals surface area contributed by atoms with Gasteiger partial charge in [0.15, 0.2) is 5.82 Å². The molecule has 0 fully saturated rings. The van der Waals surface area contributed by atoms with Crippen molar-refractivity contribution in [1.82, 2.24) is 4.98 Å². The van der Waals surface area contributed by atoms with Gasteiger partial charge in [0.25, 0.3) is 5.91 Å². The highest BCUT2D eigenvalue weighted by atomic mass is 16.1. The first-order chi connectivity index (χ1) is 6.27. The van der Waals surface area contributed by atoms with Gasteiger partial charge in [-0.1, -0.05) is 6.07 Å². The Balaban J connectivity index is 2.44. The molecular weight excluding hydrogens is 166 g/mol. The average Bonchev–Trinajstić information content (AvgIpc) is 2.17. The summed E-state index contributed by atoms with van der Waals surface area (Å²) in [4.78, 5) is 19.0. The summed E-state index contributed by atoms with van der Waals surface area (Å²) in [6, 6.07) is 3.83. The van der Waals surface area contributed by atoms with Gasteiger partial charge in [-0.05, 0) is 24.5 Å². The first kappa shape index (κ1) is 7.91.